The van der Waals surface area contributed by atoms with Crippen molar-refractivity contribution in [2.75, 3.05) is 0 Å². The van der Waals surface area contributed by atoms with E-state index in [1.54, 1.807) is 24.3 Å². The number of carboxylic acid groups (broad SMARTS) is 1. The van der Waals surface area contributed by atoms with Crippen LogP contribution < -0.4 is 0 Å². The third-order valence-electron chi connectivity index (χ3n) is 3.07. The Morgan fingerprint density at radius 3 is 2.55 bits per heavy atom. The molecule has 0 aliphatic rings. The summed E-state index contributed by atoms with van der Waals surface area (Å²) < 4.78 is 5.66. The number of fused-ring (bicyclic) bond motifs is 1. The maximum atomic E-state index is 11.5. The van der Waals surface area contributed by atoms with Crippen LogP contribution in [-0.2, 0) is 0 Å². The van der Waals surface area contributed by atoms with Gasteiger partial charge in [-0.3, -0.25) is 0 Å². The van der Waals surface area contributed by atoms with Crippen LogP contribution in [0.25, 0.3) is 22.3 Å². The van der Waals surface area contributed by atoms with Gasteiger partial charge in [0, 0.05) is 10.9 Å². The van der Waals surface area contributed by atoms with Crippen molar-refractivity contribution in [3.05, 3.63) is 59.7 Å². The standard InChI is InChI=1S/C16H9NO3/c17-9-10-6-7-13-12(8-10)14(16(18)19)15(20-13)11-4-2-1-3-5-11/h1-8H,(H,18,19). The minimum Gasteiger partial charge on any atom is -0.478 e. The molecule has 2 aromatic carbocycles. The molecule has 0 saturated carbocycles. The number of carboxylic acids is 1. The van der Waals surface area contributed by atoms with Crippen LogP contribution in [-0.4, -0.2) is 11.1 Å². The van der Waals surface area contributed by atoms with Crippen molar-refractivity contribution in [3.63, 3.8) is 0 Å². The molecule has 1 aromatic heterocycles. The zero-order chi connectivity index (χ0) is 14.1. The van der Waals surface area contributed by atoms with Gasteiger partial charge in [-0.25, -0.2) is 4.79 Å². The van der Waals surface area contributed by atoms with Crippen molar-refractivity contribution in [3.8, 4) is 17.4 Å². The molecule has 0 unspecified atom stereocenters. The number of furan rings is 1. The average Bonchev–Trinajstić information content (AvgIpc) is 2.86. The largest absolute Gasteiger partial charge is 0.478 e. The SMILES string of the molecule is N#Cc1ccc2oc(-c3ccccc3)c(C(=O)O)c2c1. The molecule has 0 amide bonds. The highest BCUT2D eigenvalue weighted by atomic mass is 16.4. The smallest absolute Gasteiger partial charge is 0.340 e. The number of aromatic carboxylic acids is 1. The Morgan fingerprint density at radius 2 is 1.90 bits per heavy atom. The van der Waals surface area contributed by atoms with Gasteiger partial charge in [-0.1, -0.05) is 30.3 Å². The Hall–Kier alpha value is -3.06. The van der Waals surface area contributed by atoms with Gasteiger partial charge < -0.3 is 9.52 Å². The third kappa shape index (κ3) is 1.82. The van der Waals surface area contributed by atoms with Crippen LogP contribution in [0.2, 0.25) is 0 Å². The van der Waals surface area contributed by atoms with Crippen LogP contribution in [0.5, 0.6) is 0 Å². The highest BCUT2D eigenvalue weighted by Gasteiger charge is 2.21. The van der Waals surface area contributed by atoms with Crippen LogP contribution in [0.15, 0.2) is 52.9 Å². The predicted molar refractivity (Wildman–Crippen MR) is 73.3 cm³/mol. The predicted octanol–water partition coefficient (Wildman–Crippen LogP) is 3.67. The van der Waals surface area contributed by atoms with Crippen LogP contribution >= 0.6 is 0 Å². The van der Waals surface area contributed by atoms with Crippen molar-refractivity contribution in [1.82, 2.24) is 0 Å². The summed E-state index contributed by atoms with van der Waals surface area (Å²) in [6.07, 6.45) is 0. The highest BCUT2D eigenvalue weighted by molar-refractivity contribution is 6.08. The van der Waals surface area contributed by atoms with Gasteiger partial charge >= 0.3 is 5.97 Å². The van der Waals surface area contributed by atoms with Crippen molar-refractivity contribution in [1.29, 1.82) is 5.26 Å². The van der Waals surface area contributed by atoms with E-state index < -0.39 is 5.97 Å². The van der Waals surface area contributed by atoms with Gasteiger partial charge in [0.2, 0.25) is 0 Å². The average molecular weight is 263 g/mol. The Kier molecular flexibility index (Phi) is 2.73. The molecule has 1 N–H and O–H groups in total. The lowest BCUT2D eigenvalue weighted by Gasteiger charge is -1.98. The normalized spacial score (nSPS) is 10.3. The quantitative estimate of drug-likeness (QED) is 0.765. The molecular weight excluding hydrogens is 254 g/mol. The summed E-state index contributed by atoms with van der Waals surface area (Å²) in [6, 6.07) is 15.8. The van der Waals surface area contributed by atoms with Crippen LogP contribution in [0.4, 0.5) is 0 Å². The monoisotopic (exact) mass is 263 g/mol. The maximum Gasteiger partial charge on any atom is 0.340 e. The van der Waals surface area contributed by atoms with Crippen molar-refractivity contribution < 1.29 is 14.3 Å². The third-order valence-corrected chi connectivity index (χ3v) is 3.07. The summed E-state index contributed by atoms with van der Waals surface area (Å²) in [5.74, 6) is -0.763. The number of hydrogen-bond donors (Lipinski definition) is 1. The number of nitriles is 1. The zero-order valence-electron chi connectivity index (χ0n) is 10.3. The molecule has 0 aliphatic heterocycles. The molecule has 0 bridgehead atoms. The molecule has 0 saturated heterocycles. The van der Waals surface area contributed by atoms with E-state index in [2.05, 4.69) is 0 Å². The summed E-state index contributed by atoms with van der Waals surface area (Å²) in [7, 11) is 0. The van der Waals surface area contributed by atoms with Gasteiger partial charge in [-0.15, -0.1) is 0 Å². The first-order chi connectivity index (χ1) is 9.70. The van der Waals surface area contributed by atoms with E-state index >= 15 is 0 Å². The van der Waals surface area contributed by atoms with E-state index in [9.17, 15) is 9.90 Å². The fraction of sp³-hybridized carbons (Fsp3) is 0. The van der Waals surface area contributed by atoms with Gasteiger partial charge in [0.05, 0.1) is 11.6 Å². The van der Waals surface area contributed by atoms with Gasteiger partial charge in [-0.05, 0) is 18.2 Å². The molecule has 1 heterocycles. The molecular formula is C16H9NO3. The van der Waals surface area contributed by atoms with E-state index in [1.807, 2.05) is 24.3 Å². The Morgan fingerprint density at radius 1 is 1.15 bits per heavy atom. The minimum atomic E-state index is -1.07. The molecule has 20 heavy (non-hydrogen) atoms. The molecule has 0 spiro atoms. The summed E-state index contributed by atoms with van der Waals surface area (Å²) in [5, 5.41) is 18.8. The molecule has 3 rings (SSSR count). The van der Waals surface area contributed by atoms with Gasteiger partial charge in [0.15, 0.2) is 0 Å². The van der Waals surface area contributed by atoms with Crippen molar-refractivity contribution in [2.45, 2.75) is 0 Å². The lowest BCUT2D eigenvalue weighted by molar-refractivity contribution is 0.0699. The van der Waals surface area contributed by atoms with E-state index in [1.165, 1.54) is 6.07 Å². The Bertz CT molecular complexity index is 841. The molecule has 0 radical (unpaired) electrons. The van der Waals surface area contributed by atoms with E-state index in [0.717, 1.165) is 0 Å². The van der Waals surface area contributed by atoms with Crippen LogP contribution in [0.3, 0.4) is 0 Å². The van der Waals surface area contributed by atoms with Gasteiger partial charge in [-0.2, -0.15) is 5.26 Å². The first-order valence-corrected chi connectivity index (χ1v) is 5.96. The van der Waals surface area contributed by atoms with E-state index in [0.29, 0.717) is 27.9 Å². The zero-order valence-corrected chi connectivity index (χ0v) is 10.3. The van der Waals surface area contributed by atoms with Crippen molar-refractivity contribution >= 4 is 16.9 Å². The summed E-state index contributed by atoms with van der Waals surface area (Å²) >= 11 is 0. The molecule has 4 nitrogen and oxygen atoms in total. The number of nitrogens with zero attached hydrogens (tertiary/aromatic N) is 1. The van der Waals surface area contributed by atoms with Crippen LogP contribution in [0, 0.1) is 11.3 Å². The molecule has 0 aliphatic carbocycles. The lowest BCUT2D eigenvalue weighted by atomic mass is 10.0. The molecule has 0 fully saturated rings. The van der Waals surface area contributed by atoms with Crippen LogP contribution in [0.1, 0.15) is 15.9 Å². The van der Waals surface area contributed by atoms with E-state index in [-0.39, 0.29) is 5.56 Å². The summed E-state index contributed by atoms with van der Waals surface area (Å²) in [5.41, 5.74) is 1.64. The fourth-order valence-corrected chi connectivity index (χ4v) is 2.17. The number of benzene rings is 2. The molecule has 96 valence electrons. The molecule has 3 aromatic rings. The number of hydrogen-bond acceptors (Lipinski definition) is 3. The fourth-order valence-electron chi connectivity index (χ4n) is 2.17. The topological polar surface area (TPSA) is 74.2 Å². The first kappa shape index (κ1) is 12.0. The first-order valence-electron chi connectivity index (χ1n) is 5.96. The Labute approximate surface area is 114 Å². The molecule has 4 heteroatoms. The lowest BCUT2D eigenvalue weighted by Crippen LogP contribution is -1.97. The summed E-state index contributed by atoms with van der Waals surface area (Å²) in [4.78, 5) is 11.5. The second kappa shape index (κ2) is 4.56. The Balaban J connectivity index is 2.36. The number of carbonyl (C=O) groups is 1. The summed E-state index contributed by atoms with van der Waals surface area (Å²) in [6.45, 7) is 0. The van der Waals surface area contributed by atoms with Gasteiger partial charge in [0.1, 0.15) is 16.9 Å². The maximum absolute atomic E-state index is 11.5. The second-order valence-corrected chi connectivity index (χ2v) is 4.30. The van der Waals surface area contributed by atoms with Gasteiger partial charge in [0.25, 0.3) is 0 Å². The number of rotatable bonds is 2. The van der Waals surface area contributed by atoms with E-state index in [4.69, 9.17) is 9.68 Å². The second-order valence-electron chi connectivity index (χ2n) is 4.30. The van der Waals surface area contributed by atoms with Crippen molar-refractivity contribution in [2.24, 2.45) is 0 Å². The molecule has 0 atom stereocenters. The highest BCUT2D eigenvalue weighted by Crippen LogP contribution is 2.34. The minimum absolute atomic E-state index is 0.0864.